The summed E-state index contributed by atoms with van der Waals surface area (Å²) in [5.41, 5.74) is 0.353. The number of likely N-dealkylation sites (N-methyl/N-ethyl adjacent to an activating group) is 1. The van der Waals surface area contributed by atoms with Gasteiger partial charge in [0, 0.05) is 15.6 Å². The van der Waals surface area contributed by atoms with Crippen molar-refractivity contribution in [2.75, 3.05) is 20.3 Å². The lowest BCUT2D eigenvalue weighted by Gasteiger charge is -2.27. The van der Waals surface area contributed by atoms with E-state index in [1.807, 2.05) is 22.6 Å². The molecule has 21 heavy (non-hydrogen) atoms. The predicted octanol–water partition coefficient (Wildman–Crippen LogP) is 2.77. The minimum Gasteiger partial charge on any atom is -0.481 e. The average molecular weight is 444 g/mol. The lowest BCUT2D eigenvalue weighted by molar-refractivity contribution is -0.142. The molecular formula is C13H12Cl2INO4. The molecule has 0 bridgehead atoms. The maximum Gasteiger partial charge on any atom is 0.311 e. The summed E-state index contributed by atoms with van der Waals surface area (Å²) in [6.07, 6.45) is 0. The maximum atomic E-state index is 12.6. The molecule has 0 saturated carbocycles. The molecule has 2 unspecified atom stereocenters. The molecule has 1 aliphatic heterocycles. The van der Waals surface area contributed by atoms with Gasteiger partial charge >= 0.3 is 5.97 Å². The Morgan fingerprint density at radius 1 is 1.38 bits per heavy atom. The molecule has 0 aliphatic carbocycles. The van der Waals surface area contributed by atoms with Gasteiger partial charge in [0.1, 0.15) is 5.92 Å². The largest absolute Gasteiger partial charge is 0.481 e. The minimum atomic E-state index is -0.976. The van der Waals surface area contributed by atoms with E-state index in [0.29, 0.717) is 19.2 Å². The number of carboxylic acid groups (broad SMARTS) is 1. The van der Waals surface area contributed by atoms with Crippen LogP contribution >= 0.6 is 45.8 Å². The van der Waals surface area contributed by atoms with Gasteiger partial charge in [0.05, 0.1) is 29.8 Å². The van der Waals surface area contributed by atoms with Crippen LogP contribution in [0.15, 0.2) is 12.1 Å². The van der Waals surface area contributed by atoms with E-state index in [0.717, 1.165) is 0 Å². The highest BCUT2D eigenvalue weighted by atomic mass is 127. The monoisotopic (exact) mass is 443 g/mol. The van der Waals surface area contributed by atoms with Gasteiger partial charge in [-0.1, -0.05) is 23.2 Å². The number of rotatable bonds is 3. The summed E-state index contributed by atoms with van der Waals surface area (Å²) in [4.78, 5) is 25.2. The normalized spacial score (nSPS) is 21.3. The van der Waals surface area contributed by atoms with Crippen molar-refractivity contribution in [3.05, 3.63) is 31.3 Å². The van der Waals surface area contributed by atoms with Gasteiger partial charge < -0.3 is 14.7 Å². The van der Waals surface area contributed by atoms with Gasteiger partial charge in [0.25, 0.3) is 5.91 Å². The fourth-order valence-corrected chi connectivity index (χ4v) is 3.25. The molecule has 1 fully saturated rings. The van der Waals surface area contributed by atoms with Gasteiger partial charge in [-0.3, -0.25) is 9.59 Å². The number of nitrogens with zero attached hydrogens (tertiary/aromatic N) is 1. The summed E-state index contributed by atoms with van der Waals surface area (Å²) in [6.45, 7) is 0.301. The molecule has 5 nitrogen and oxygen atoms in total. The molecule has 0 radical (unpaired) electrons. The van der Waals surface area contributed by atoms with Crippen LogP contribution in [0.3, 0.4) is 0 Å². The van der Waals surface area contributed by atoms with Crippen LogP contribution in [-0.2, 0) is 9.53 Å². The van der Waals surface area contributed by atoms with Crippen LogP contribution in [0.5, 0.6) is 0 Å². The molecule has 0 aromatic heterocycles. The van der Waals surface area contributed by atoms with Crippen LogP contribution in [0, 0.1) is 9.49 Å². The van der Waals surface area contributed by atoms with Crippen LogP contribution in [0.2, 0.25) is 10.0 Å². The van der Waals surface area contributed by atoms with Crippen molar-refractivity contribution in [3.8, 4) is 0 Å². The topological polar surface area (TPSA) is 66.8 Å². The number of amides is 1. The van der Waals surface area contributed by atoms with E-state index in [-0.39, 0.29) is 19.1 Å². The van der Waals surface area contributed by atoms with Gasteiger partial charge in [-0.2, -0.15) is 0 Å². The quantitative estimate of drug-likeness (QED) is 0.576. The van der Waals surface area contributed by atoms with Crippen molar-refractivity contribution in [2.45, 2.75) is 6.04 Å². The third-order valence-corrected chi connectivity index (χ3v) is 5.41. The average Bonchev–Trinajstić information content (AvgIpc) is 2.90. The number of hydrogen-bond donors (Lipinski definition) is 1. The SMILES string of the molecule is CN(C(=O)c1cc(Cl)cc(Cl)c1I)C1COCC1C(=O)O. The Morgan fingerprint density at radius 2 is 2.05 bits per heavy atom. The standard InChI is InChI=1S/C13H12Cl2INO4/c1-17(10-5-21-4-8(10)13(19)20)12(18)7-2-6(14)3-9(15)11(7)16/h2-3,8,10H,4-5H2,1H3,(H,19,20). The van der Waals surface area contributed by atoms with Crippen molar-refractivity contribution >= 4 is 57.7 Å². The van der Waals surface area contributed by atoms with Crippen molar-refractivity contribution < 1.29 is 19.4 Å². The zero-order valence-corrected chi connectivity index (χ0v) is 14.6. The Bertz CT molecular complexity index is 596. The second-order valence-electron chi connectivity index (χ2n) is 4.71. The van der Waals surface area contributed by atoms with Crippen molar-refractivity contribution in [1.82, 2.24) is 4.90 Å². The third-order valence-electron chi connectivity index (χ3n) is 3.41. The van der Waals surface area contributed by atoms with E-state index >= 15 is 0 Å². The van der Waals surface area contributed by atoms with E-state index in [2.05, 4.69) is 0 Å². The first-order chi connectivity index (χ1) is 9.82. The number of aliphatic carboxylic acids is 1. The Balaban J connectivity index is 2.30. The van der Waals surface area contributed by atoms with Gasteiger partial charge in [-0.15, -0.1) is 0 Å². The number of halogens is 3. The summed E-state index contributed by atoms with van der Waals surface area (Å²) in [5, 5.41) is 9.91. The van der Waals surface area contributed by atoms with Crippen LogP contribution < -0.4 is 0 Å². The van der Waals surface area contributed by atoms with Crippen LogP contribution in [-0.4, -0.2) is 48.2 Å². The van der Waals surface area contributed by atoms with Crippen LogP contribution in [0.1, 0.15) is 10.4 Å². The zero-order valence-electron chi connectivity index (χ0n) is 11.0. The van der Waals surface area contributed by atoms with Gasteiger partial charge in [0.2, 0.25) is 0 Å². The molecule has 1 amide bonds. The second kappa shape index (κ2) is 6.68. The Labute approximate surface area is 145 Å². The molecule has 0 spiro atoms. The number of carbonyl (C=O) groups excluding carboxylic acids is 1. The molecule has 1 heterocycles. The molecule has 1 aliphatic rings. The highest BCUT2D eigenvalue weighted by molar-refractivity contribution is 14.1. The third kappa shape index (κ3) is 3.44. The van der Waals surface area contributed by atoms with Crippen molar-refractivity contribution in [3.63, 3.8) is 0 Å². The van der Waals surface area contributed by atoms with E-state index in [1.54, 1.807) is 13.1 Å². The predicted molar refractivity (Wildman–Crippen MR) is 87.0 cm³/mol. The fourth-order valence-electron chi connectivity index (χ4n) is 2.21. The summed E-state index contributed by atoms with van der Waals surface area (Å²) < 4.78 is 5.77. The lowest BCUT2D eigenvalue weighted by atomic mass is 10.0. The highest BCUT2D eigenvalue weighted by Crippen LogP contribution is 2.29. The smallest absolute Gasteiger partial charge is 0.311 e. The summed E-state index contributed by atoms with van der Waals surface area (Å²) in [7, 11) is 1.56. The van der Waals surface area contributed by atoms with Gasteiger partial charge in [-0.05, 0) is 34.7 Å². The molecular weight excluding hydrogens is 432 g/mol. The maximum absolute atomic E-state index is 12.6. The Morgan fingerprint density at radius 3 is 2.67 bits per heavy atom. The van der Waals surface area contributed by atoms with Crippen LogP contribution in [0.4, 0.5) is 0 Å². The Hall–Kier alpha value is -0.570. The first kappa shape index (κ1) is 16.8. The van der Waals surface area contributed by atoms with E-state index in [4.69, 9.17) is 33.0 Å². The fraction of sp³-hybridized carbons (Fsp3) is 0.385. The van der Waals surface area contributed by atoms with E-state index < -0.39 is 17.9 Å². The molecule has 1 saturated heterocycles. The molecule has 114 valence electrons. The molecule has 1 N–H and O–H groups in total. The summed E-state index contributed by atoms with van der Waals surface area (Å²) >= 11 is 13.9. The summed E-state index contributed by atoms with van der Waals surface area (Å²) in [5.74, 6) is -2.03. The second-order valence-corrected chi connectivity index (χ2v) is 6.64. The number of ether oxygens (including phenoxy) is 1. The number of benzene rings is 1. The number of carboxylic acids is 1. The first-order valence-electron chi connectivity index (χ1n) is 6.05. The van der Waals surface area contributed by atoms with Gasteiger partial charge in [0.15, 0.2) is 0 Å². The molecule has 2 atom stereocenters. The molecule has 2 rings (SSSR count). The summed E-state index contributed by atoms with van der Waals surface area (Å²) in [6, 6.07) is 2.57. The van der Waals surface area contributed by atoms with Crippen LogP contribution in [0.25, 0.3) is 0 Å². The lowest BCUT2D eigenvalue weighted by Crippen LogP contribution is -2.44. The number of carbonyl (C=O) groups is 2. The molecule has 8 heteroatoms. The number of hydrogen-bond acceptors (Lipinski definition) is 3. The first-order valence-corrected chi connectivity index (χ1v) is 7.88. The Kier molecular flexibility index (Phi) is 5.34. The highest BCUT2D eigenvalue weighted by Gasteiger charge is 2.39. The minimum absolute atomic E-state index is 0.102. The molecule has 1 aromatic carbocycles. The molecule has 1 aromatic rings. The zero-order chi connectivity index (χ0) is 15.7. The van der Waals surface area contributed by atoms with Crippen molar-refractivity contribution in [1.29, 1.82) is 0 Å². The van der Waals surface area contributed by atoms with E-state index in [1.165, 1.54) is 11.0 Å². The van der Waals surface area contributed by atoms with Crippen molar-refractivity contribution in [2.24, 2.45) is 5.92 Å². The van der Waals surface area contributed by atoms with Gasteiger partial charge in [-0.25, -0.2) is 0 Å². The van der Waals surface area contributed by atoms with E-state index in [9.17, 15) is 9.59 Å².